The van der Waals surface area contributed by atoms with Crippen LogP contribution in [0.2, 0.25) is 5.02 Å². The summed E-state index contributed by atoms with van der Waals surface area (Å²) in [6.45, 7) is 1.28. The van der Waals surface area contributed by atoms with Crippen LogP contribution < -0.4 is 10.6 Å². The summed E-state index contributed by atoms with van der Waals surface area (Å²) in [6.07, 6.45) is -4.45. The lowest BCUT2D eigenvalue weighted by atomic mass is 10.1. The van der Waals surface area contributed by atoms with Gasteiger partial charge in [-0.3, -0.25) is 9.59 Å². The summed E-state index contributed by atoms with van der Waals surface area (Å²) in [5.41, 5.74) is -0.294. The number of halogens is 4. The Bertz CT molecular complexity index is 774. The number of nitrogens with one attached hydrogen (secondary N) is 2. The van der Waals surface area contributed by atoms with Crippen LogP contribution in [0.25, 0.3) is 0 Å². The summed E-state index contributed by atoms with van der Waals surface area (Å²) in [5, 5.41) is 5.23. The molecular weight excluding hydrogens is 345 g/mol. The number of carbonyl (C=O) groups excluding carboxylic acids is 2. The van der Waals surface area contributed by atoms with Crippen molar-refractivity contribution in [1.82, 2.24) is 0 Å². The molecule has 0 saturated carbocycles. The standard InChI is InChI=1S/C16H12ClF3N2O2/c1-9(23)21-14-7-4-11(17)8-13(14)15(24)22-12-5-2-10(3-6-12)16(18,19)20/h2-8H,1H3,(H,21,23)(H,22,24). The highest BCUT2D eigenvalue weighted by atomic mass is 35.5. The zero-order chi connectivity index (χ0) is 17.9. The highest BCUT2D eigenvalue weighted by molar-refractivity contribution is 6.31. The zero-order valence-electron chi connectivity index (χ0n) is 12.4. The Morgan fingerprint density at radius 2 is 1.62 bits per heavy atom. The van der Waals surface area contributed by atoms with Crippen LogP contribution in [0.15, 0.2) is 42.5 Å². The average molecular weight is 357 g/mol. The van der Waals surface area contributed by atoms with Crippen molar-refractivity contribution >= 4 is 34.8 Å². The van der Waals surface area contributed by atoms with Crippen molar-refractivity contribution in [1.29, 1.82) is 0 Å². The van der Waals surface area contributed by atoms with Crippen LogP contribution in [0.3, 0.4) is 0 Å². The van der Waals surface area contributed by atoms with E-state index in [1.165, 1.54) is 25.1 Å². The first-order chi connectivity index (χ1) is 11.2. The lowest BCUT2D eigenvalue weighted by Gasteiger charge is -2.12. The van der Waals surface area contributed by atoms with Gasteiger partial charge in [0.2, 0.25) is 5.91 Å². The Hall–Kier alpha value is -2.54. The van der Waals surface area contributed by atoms with Gasteiger partial charge < -0.3 is 10.6 Å². The van der Waals surface area contributed by atoms with Crippen LogP contribution in [-0.4, -0.2) is 11.8 Å². The van der Waals surface area contributed by atoms with Gasteiger partial charge in [-0.25, -0.2) is 0 Å². The number of hydrogen-bond donors (Lipinski definition) is 2. The molecule has 24 heavy (non-hydrogen) atoms. The Morgan fingerprint density at radius 3 is 2.17 bits per heavy atom. The third kappa shape index (κ3) is 4.48. The van der Waals surface area contributed by atoms with Crippen LogP contribution in [-0.2, 0) is 11.0 Å². The SMILES string of the molecule is CC(=O)Nc1ccc(Cl)cc1C(=O)Nc1ccc(C(F)(F)F)cc1. The molecule has 2 aromatic rings. The predicted molar refractivity (Wildman–Crippen MR) is 85.2 cm³/mol. The van der Waals surface area contributed by atoms with E-state index in [-0.39, 0.29) is 27.9 Å². The summed E-state index contributed by atoms with van der Waals surface area (Å²) in [7, 11) is 0. The maximum Gasteiger partial charge on any atom is 0.416 e. The molecule has 2 N–H and O–H groups in total. The summed E-state index contributed by atoms with van der Waals surface area (Å²) < 4.78 is 37.6. The number of alkyl halides is 3. The topological polar surface area (TPSA) is 58.2 Å². The van der Waals surface area contributed by atoms with Crippen LogP contribution in [0, 0.1) is 0 Å². The summed E-state index contributed by atoms with van der Waals surface area (Å²) >= 11 is 5.85. The van der Waals surface area contributed by atoms with E-state index < -0.39 is 17.6 Å². The third-order valence-electron chi connectivity index (χ3n) is 3.01. The monoisotopic (exact) mass is 356 g/mol. The fourth-order valence-electron chi connectivity index (χ4n) is 1.94. The summed E-state index contributed by atoms with van der Waals surface area (Å²) in [6, 6.07) is 8.33. The van der Waals surface area contributed by atoms with Crippen molar-refractivity contribution in [3.63, 3.8) is 0 Å². The number of carbonyl (C=O) groups is 2. The molecule has 2 rings (SSSR count). The quantitative estimate of drug-likeness (QED) is 0.846. The Balaban J connectivity index is 2.23. The number of anilines is 2. The molecule has 0 atom stereocenters. The molecule has 0 saturated heterocycles. The van der Waals surface area contributed by atoms with Crippen molar-refractivity contribution in [3.8, 4) is 0 Å². The molecule has 0 radical (unpaired) electrons. The van der Waals surface area contributed by atoms with Gasteiger partial charge in [-0.1, -0.05) is 11.6 Å². The van der Waals surface area contributed by atoms with Crippen molar-refractivity contribution in [2.45, 2.75) is 13.1 Å². The molecule has 0 unspecified atom stereocenters. The minimum atomic E-state index is -4.45. The van der Waals surface area contributed by atoms with Crippen LogP contribution in [0.1, 0.15) is 22.8 Å². The van der Waals surface area contributed by atoms with Crippen LogP contribution in [0.5, 0.6) is 0 Å². The molecule has 0 aliphatic heterocycles. The van der Waals surface area contributed by atoms with Gasteiger partial charge in [0, 0.05) is 17.6 Å². The normalized spacial score (nSPS) is 11.0. The largest absolute Gasteiger partial charge is 0.416 e. The second-order valence-corrected chi connectivity index (χ2v) is 5.34. The molecule has 0 heterocycles. The molecule has 126 valence electrons. The lowest BCUT2D eigenvalue weighted by Crippen LogP contribution is -2.16. The number of benzene rings is 2. The molecule has 0 spiro atoms. The fraction of sp³-hybridized carbons (Fsp3) is 0.125. The number of hydrogen-bond acceptors (Lipinski definition) is 2. The second-order valence-electron chi connectivity index (χ2n) is 4.90. The molecule has 0 bridgehead atoms. The van der Waals surface area contributed by atoms with E-state index in [0.717, 1.165) is 24.3 Å². The van der Waals surface area contributed by atoms with E-state index in [2.05, 4.69) is 10.6 Å². The smallest absolute Gasteiger partial charge is 0.326 e. The molecule has 0 aliphatic rings. The van der Waals surface area contributed by atoms with Gasteiger partial charge in [-0.2, -0.15) is 13.2 Å². The average Bonchev–Trinajstić information content (AvgIpc) is 2.48. The molecule has 2 amide bonds. The van der Waals surface area contributed by atoms with Gasteiger partial charge in [0.15, 0.2) is 0 Å². The first kappa shape index (κ1) is 17.8. The van der Waals surface area contributed by atoms with Gasteiger partial charge in [-0.15, -0.1) is 0 Å². The second kappa shape index (κ2) is 6.92. The van der Waals surface area contributed by atoms with Gasteiger partial charge in [0.05, 0.1) is 16.8 Å². The Kier molecular flexibility index (Phi) is 5.14. The Morgan fingerprint density at radius 1 is 1.00 bits per heavy atom. The van der Waals surface area contributed by atoms with E-state index in [4.69, 9.17) is 11.6 Å². The molecule has 0 aliphatic carbocycles. The lowest BCUT2D eigenvalue weighted by molar-refractivity contribution is -0.137. The van der Waals surface area contributed by atoms with Gasteiger partial charge in [0.1, 0.15) is 0 Å². The number of rotatable bonds is 3. The van der Waals surface area contributed by atoms with E-state index in [0.29, 0.717) is 0 Å². The molecule has 0 fully saturated rings. The molecule has 0 aromatic heterocycles. The first-order valence-corrected chi connectivity index (χ1v) is 7.10. The highest BCUT2D eigenvalue weighted by Gasteiger charge is 2.30. The molecule has 4 nitrogen and oxygen atoms in total. The first-order valence-electron chi connectivity index (χ1n) is 6.72. The third-order valence-corrected chi connectivity index (χ3v) is 3.24. The van der Waals surface area contributed by atoms with E-state index >= 15 is 0 Å². The van der Waals surface area contributed by atoms with Crippen molar-refractivity contribution in [2.75, 3.05) is 10.6 Å². The Labute approximate surface area is 140 Å². The molecule has 8 heteroatoms. The zero-order valence-corrected chi connectivity index (χ0v) is 13.1. The summed E-state index contributed by atoms with van der Waals surface area (Å²) in [5.74, 6) is -0.984. The highest BCUT2D eigenvalue weighted by Crippen LogP contribution is 2.30. The maximum absolute atomic E-state index is 12.5. The van der Waals surface area contributed by atoms with Crippen LogP contribution >= 0.6 is 11.6 Å². The van der Waals surface area contributed by atoms with Gasteiger partial charge in [0.25, 0.3) is 5.91 Å². The van der Waals surface area contributed by atoms with Crippen molar-refractivity contribution in [2.24, 2.45) is 0 Å². The molecular formula is C16H12ClF3N2O2. The maximum atomic E-state index is 12.5. The van der Waals surface area contributed by atoms with Gasteiger partial charge >= 0.3 is 6.18 Å². The van der Waals surface area contributed by atoms with Gasteiger partial charge in [-0.05, 0) is 42.5 Å². The van der Waals surface area contributed by atoms with Crippen LogP contribution in [0.4, 0.5) is 24.5 Å². The minimum Gasteiger partial charge on any atom is -0.326 e. The molecule has 2 aromatic carbocycles. The van der Waals surface area contributed by atoms with E-state index in [1.54, 1.807) is 0 Å². The predicted octanol–water partition coefficient (Wildman–Crippen LogP) is 4.57. The fourth-order valence-corrected chi connectivity index (χ4v) is 2.12. The van der Waals surface area contributed by atoms with E-state index in [9.17, 15) is 22.8 Å². The van der Waals surface area contributed by atoms with Crippen molar-refractivity contribution < 1.29 is 22.8 Å². The van der Waals surface area contributed by atoms with E-state index in [1.807, 2.05) is 0 Å². The summed E-state index contributed by atoms with van der Waals surface area (Å²) in [4.78, 5) is 23.5. The minimum absolute atomic E-state index is 0.0950. The van der Waals surface area contributed by atoms with Crippen molar-refractivity contribution in [3.05, 3.63) is 58.6 Å². The number of amides is 2.